The third-order valence-corrected chi connectivity index (χ3v) is 6.11. The van der Waals surface area contributed by atoms with Crippen LogP contribution in [-0.4, -0.2) is 53.4 Å². The molecule has 0 N–H and O–H groups in total. The van der Waals surface area contributed by atoms with Crippen molar-refractivity contribution in [2.75, 3.05) is 27.2 Å². The summed E-state index contributed by atoms with van der Waals surface area (Å²) in [6.45, 7) is 1.80. The minimum Gasteiger partial charge on any atom is -0.349 e. The van der Waals surface area contributed by atoms with Crippen LogP contribution in [0.25, 0.3) is 10.9 Å². The number of para-hydroxylation sites is 1. The lowest BCUT2D eigenvalue weighted by Gasteiger charge is -2.32. The molecule has 30 heavy (non-hydrogen) atoms. The average Bonchev–Trinajstić information content (AvgIpc) is 3.12. The molecule has 0 radical (unpaired) electrons. The normalized spacial score (nSPS) is 14.8. The molecule has 1 aromatic heterocycles. The molecule has 0 spiro atoms. The Hall–Kier alpha value is -2.79. The number of fused-ring (bicyclic) bond motifs is 1. The predicted molar refractivity (Wildman–Crippen MR) is 120 cm³/mol. The van der Waals surface area contributed by atoms with E-state index in [1.165, 1.54) is 0 Å². The molecule has 1 fully saturated rings. The van der Waals surface area contributed by atoms with Crippen LogP contribution in [0, 0.1) is 5.92 Å². The molecule has 2 heterocycles. The number of hydrogen-bond acceptors (Lipinski definition) is 2. The van der Waals surface area contributed by atoms with Gasteiger partial charge in [0.1, 0.15) is 5.69 Å². The Bertz CT molecular complexity index is 1060. The second kappa shape index (κ2) is 8.52. The number of nitrogens with zero attached hydrogens (tertiary/aromatic N) is 3. The van der Waals surface area contributed by atoms with Gasteiger partial charge in [0.05, 0.1) is 0 Å². The molecule has 4 rings (SSSR count). The van der Waals surface area contributed by atoms with E-state index in [2.05, 4.69) is 4.57 Å². The van der Waals surface area contributed by atoms with E-state index >= 15 is 0 Å². The fourth-order valence-electron chi connectivity index (χ4n) is 4.19. The van der Waals surface area contributed by atoms with Crippen molar-refractivity contribution in [1.82, 2.24) is 14.4 Å². The highest BCUT2D eigenvalue weighted by molar-refractivity contribution is 6.30. The second-order valence-corrected chi connectivity index (χ2v) is 8.54. The van der Waals surface area contributed by atoms with E-state index in [4.69, 9.17) is 11.6 Å². The molecule has 156 valence electrons. The van der Waals surface area contributed by atoms with E-state index in [-0.39, 0.29) is 17.7 Å². The Kier molecular flexibility index (Phi) is 5.82. The molecule has 0 atom stereocenters. The minimum absolute atomic E-state index is 0.00368. The van der Waals surface area contributed by atoms with Crippen LogP contribution in [-0.2, 0) is 11.3 Å². The third-order valence-electron chi connectivity index (χ3n) is 5.86. The molecule has 0 bridgehead atoms. The molecule has 1 aliphatic rings. The minimum atomic E-state index is 0.00368. The molecule has 0 aliphatic carbocycles. The zero-order valence-corrected chi connectivity index (χ0v) is 18.1. The molecule has 0 saturated carbocycles. The van der Waals surface area contributed by atoms with Gasteiger partial charge in [0.2, 0.25) is 5.91 Å². The molecule has 2 amide bonds. The van der Waals surface area contributed by atoms with Crippen LogP contribution in [0.4, 0.5) is 0 Å². The number of piperidine rings is 1. The number of hydrogen-bond donors (Lipinski definition) is 0. The van der Waals surface area contributed by atoms with Crippen LogP contribution in [0.15, 0.2) is 54.6 Å². The summed E-state index contributed by atoms with van der Waals surface area (Å²) in [5.74, 6) is 0.179. The van der Waals surface area contributed by atoms with Crippen molar-refractivity contribution in [1.29, 1.82) is 0 Å². The van der Waals surface area contributed by atoms with E-state index in [9.17, 15) is 9.59 Å². The summed E-state index contributed by atoms with van der Waals surface area (Å²) in [5.41, 5.74) is 2.81. The number of carbonyl (C=O) groups excluding carboxylic acids is 2. The van der Waals surface area contributed by atoms with Crippen LogP contribution in [0.5, 0.6) is 0 Å². The fraction of sp³-hybridized carbons (Fsp3) is 0.333. The standard InChI is InChI=1S/C24H26ClN3O2/c1-26(2)23(29)18-11-13-27(14-12-18)24(30)22-15-19-5-3-4-6-21(19)28(22)16-17-7-9-20(25)10-8-17/h3-10,15,18H,11-14,16H2,1-2H3. The Morgan fingerprint density at radius 3 is 2.37 bits per heavy atom. The van der Waals surface area contributed by atoms with Gasteiger partial charge in [-0.2, -0.15) is 0 Å². The Balaban J connectivity index is 1.60. The van der Waals surface area contributed by atoms with Crippen LogP contribution in [0.1, 0.15) is 28.9 Å². The molecule has 2 aromatic carbocycles. The molecule has 1 saturated heterocycles. The number of likely N-dealkylation sites (tertiary alicyclic amines) is 1. The van der Waals surface area contributed by atoms with Gasteiger partial charge in [-0.3, -0.25) is 9.59 Å². The van der Waals surface area contributed by atoms with Gasteiger partial charge in [0, 0.05) is 55.6 Å². The largest absolute Gasteiger partial charge is 0.349 e. The van der Waals surface area contributed by atoms with Gasteiger partial charge in [-0.25, -0.2) is 0 Å². The number of aromatic nitrogens is 1. The zero-order valence-electron chi connectivity index (χ0n) is 17.3. The van der Waals surface area contributed by atoms with Crippen LogP contribution in [0.2, 0.25) is 5.02 Å². The lowest BCUT2D eigenvalue weighted by molar-refractivity contribution is -0.134. The molecule has 6 heteroatoms. The fourth-order valence-corrected chi connectivity index (χ4v) is 4.31. The molecular formula is C24H26ClN3O2. The molecule has 3 aromatic rings. The van der Waals surface area contributed by atoms with Gasteiger partial charge in [0.15, 0.2) is 0 Å². The summed E-state index contributed by atoms with van der Waals surface area (Å²) < 4.78 is 2.08. The van der Waals surface area contributed by atoms with E-state index < -0.39 is 0 Å². The lowest BCUT2D eigenvalue weighted by Crippen LogP contribution is -2.43. The van der Waals surface area contributed by atoms with E-state index in [0.29, 0.717) is 43.2 Å². The summed E-state index contributed by atoms with van der Waals surface area (Å²) in [7, 11) is 3.57. The molecule has 1 aliphatic heterocycles. The Morgan fingerprint density at radius 1 is 1.03 bits per heavy atom. The number of amides is 2. The van der Waals surface area contributed by atoms with Crippen molar-refractivity contribution in [3.8, 4) is 0 Å². The van der Waals surface area contributed by atoms with Crippen molar-refractivity contribution in [3.05, 3.63) is 70.9 Å². The van der Waals surface area contributed by atoms with Gasteiger partial charge >= 0.3 is 0 Å². The lowest BCUT2D eigenvalue weighted by atomic mass is 9.95. The van der Waals surface area contributed by atoms with E-state index in [1.807, 2.05) is 59.5 Å². The highest BCUT2D eigenvalue weighted by atomic mass is 35.5. The first-order valence-electron chi connectivity index (χ1n) is 10.3. The van der Waals surface area contributed by atoms with Gasteiger partial charge in [-0.1, -0.05) is 41.9 Å². The van der Waals surface area contributed by atoms with E-state index in [0.717, 1.165) is 16.5 Å². The van der Waals surface area contributed by atoms with Crippen LogP contribution in [0.3, 0.4) is 0 Å². The van der Waals surface area contributed by atoms with Crippen LogP contribution >= 0.6 is 11.6 Å². The summed E-state index contributed by atoms with van der Waals surface area (Å²) in [4.78, 5) is 29.2. The van der Waals surface area contributed by atoms with Crippen molar-refractivity contribution in [3.63, 3.8) is 0 Å². The number of carbonyl (C=O) groups is 2. The molecule has 5 nitrogen and oxygen atoms in total. The second-order valence-electron chi connectivity index (χ2n) is 8.10. The maximum atomic E-state index is 13.4. The number of rotatable bonds is 4. The topological polar surface area (TPSA) is 45.6 Å². The first-order valence-corrected chi connectivity index (χ1v) is 10.6. The Morgan fingerprint density at radius 2 is 1.70 bits per heavy atom. The first kappa shape index (κ1) is 20.5. The van der Waals surface area contributed by atoms with Gasteiger partial charge in [0.25, 0.3) is 5.91 Å². The maximum absolute atomic E-state index is 13.4. The van der Waals surface area contributed by atoms with Crippen molar-refractivity contribution >= 4 is 34.3 Å². The van der Waals surface area contributed by atoms with Crippen molar-refractivity contribution in [2.24, 2.45) is 5.92 Å². The molecular weight excluding hydrogens is 398 g/mol. The number of benzene rings is 2. The van der Waals surface area contributed by atoms with E-state index in [1.54, 1.807) is 19.0 Å². The van der Waals surface area contributed by atoms with Crippen molar-refractivity contribution < 1.29 is 9.59 Å². The highest BCUT2D eigenvalue weighted by Gasteiger charge is 2.30. The highest BCUT2D eigenvalue weighted by Crippen LogP contribution is 2.26. The summed E-state index contributed by atoms with van der Waals surface area (Å²) in [6.07, 6.45) is 1.42. The van der Waals surface area contributed by atoms with Gasteiger partial charge < -0.3 is 14.4 Å². The Labute approximate surface area is 181 Å². The predicted octanol–water partition coefficient (Wildman–Crippen LogP) is 4.28. The van der Waals surface area contributed by atoms with Gasteiger partial charge in [-0.05, 0) is 42.7 Å². The number of halogens is 1. The summed E-state index contributed by atoms with van der Waals surface area (Å²) in [5, 5.41) is 1.75. The first-order chi connectivity index (χ1) is 14.4. The third kappa shape index (κ3) is 4.08. The maximum Gasteiger partial charge on any atom is 0.270 e. The zero-order chi connectivity index (χ0) is 21.3. The smallest absolute Gasteiger partial charge is 0.270 e. The monoisotopic (exact) mass is 423 g/mol. The SMILES string of the molecule is CN(C)C(=O)C1CCN(C(=O)c2cc3ccccc3n2Cc2ccc(Cl)cc2)CC1. The molecule has 0 unspecified atom stereocenters. The quantitative estimate of drug-likeness (QED) is 0.628. The van der Waals surface area contributed by atoms with Crippen LogP contribution < -0.4 is 0 Å². The average molecular weight is 424 g/mol. The summed E-state index contributed by atoms with van der Waals surface area (Å²) in [6, 6.07) is 17.8. The van der Waals surface area contributed by atoms with Gasteiger partial charge in [-0.15, -0.1) is 0 Å². The summed E-state index contributed by atoms with van der Waals surface area (Å²) >= 11 is 6.03. The van der Waals surface area contributed by atoms with Crippen molar-refractivity contribution in [2.45, 2.75) is 19.4 Å².